The van der Waals surface area contributed by atoms with Crippen LogP contribution in [0.4, 0.5) is 4.79 Å². The summed E-state index contributed by atoms with van der Waals surface area (Å²) in [5, 5.41) is 6.19. The summed E-state index contributed by atoms with van der Waals surface area (Å²) in [5.41, 5.74) is -0.0905. The minimum atomic E-state index is -0.424. The van der Waals surface area contributed by atoms with Crippen molar-refractivity contribution in [1.82, 2.24) is 10.6 Å². The van der Waals surface area contributed by atoms with Gasteiger partial charge in [0.2, 0.25) is 0 Å². The van der Waals surface area contributed by atoms with Gasteiger partial charge in [-0.25, -0.2) is 4.79 Å². The number of carbonyl (C=O) groups is 1. The Kier molecular flexibility index (Phi) is 3.84. The van der Waals surface area contributed by atoms with Crippen molar-refractivity contribution in [2.24, 2.45) is 5.41 Å². The summed E-state index contributed by atoms with van der Waals surface area (Å²) in [6.45, 7) is 11.7. The zero-order valence-electron chi connectivity index (χ0n) is 11.0. The average molecular weight is 228 g/mol. The number of ether oxygens (including phenoxy) is 1. The van der Waals surface area contributed by atoms with Gasteiger partial charge in [0.15, 0.2) is 0 Å². The Morgan fingerprint density at radius 2 is 2.12 bits per heavy atom. The third kappa shape index (κ3) is 4.84. The van der Waals surface area contributed by atoms with Gasteiger partial charge in [0.1, 0.15) is 5.60 Å². The monoisotopic (exact) mass is 228 g/mol. The van der Waals surface area contributed by atoms with Gasteiger partial charge in [-0.05, 0) is 32.6 Å². The van der Waals surface area contributed by atoms with E-state index in [9.17, 15) is 4.79 Å². The normalized spacial score (nSPS) is 24.2. The van der Waals surface area contributed by atoms with Gasteiger partial charge in [-0.2, -0.15) is 0 Å². The first kappa shape index (κ1) is 13.3. The maximum absolute atomic E-state index is 11.4. The van der Waals surface area contributed by atoms with Crippen molar-refractivity contribution in [3.8, 4) is 0 Å². The van der Waals surface area contributed by atoms with Crippen LogP contribution in [0.2, 0.25) is 0 Å². The molecule has 0 bridgehead atoms. The van der Waals surface area contributed by atoms with Crippen molar-refractivity contribution >= 4 is 6.09 Å². The molecule has 94 valence electrons. The summed E-state index contributed by atoms with van der Waals surface area (Å²) in [5.74, 6) is 0. The zero-order chi connectivity index (χ0) is 12.4. The fourth-order valence-electron chi connectivity index (χ4n) is 1.90. The van der Waals surface area contributed by atoms with Crippen LogP contribution < -0.4 is 10.6 Å². The number of rotatable bonds is 2. The molecule has 0 aromatic heterocycles. The standard InChI is InChI=1S/C12H24N2O2/c1-11(2,3)16-10(15)13-7-9-6-12(4,5)8-14-9/h9,14H,6-8H2,1-5H3,(H,13,15). The van der Waals surface area contributed by atoms with E-state index in [0.717, 1.165) is 13.0 Å². The molecular formula is C12H24N2O2. The fraction of sp³-hybridized carbons (Fsp3) is 0.917. The Bertz CT molecular complexity index is 256. The van der Waals surface area contributed by atoms with E-state index in [2.05, 4.69) is 24.5 Å². The number of carbonyl (C=O) groups excluding carboxylic acids is 1. The van der Waals surface area contributed by atoms with Crippen LogP contribution in [-0.2, 0) is 4.74 Å². The first-order chi connectivity index (χ1) is 7.18. The first-order valence-electron chi connectivity index (χ1n) is 5.88. The second-order valence-corrected chi connectivity index (χ2v) is 6.33. The van der Waals surface area contributed by atoms with E-state index in [1.54, 1.807) is 0 Å². The van der Waals surface area contributed by atoms with Crippen LogP contribution in [-0.4, -0.2) is 30.8 Å². The Morgan fingerprint density at radius 1 is 1.50 bits per heavy atom. The molecule has 4 nitrogen and oxygen atoms in total. The van der Waals surface area contributed by atoms with E-state index < -0.39 is 5.60 Å². The van der Waals surface area contributed by atoms with Gasteiger partial charge in [0.05, 0.1) is 0 Å². The molecular weight excluding hydrogens is 204 g/mol. The van der Waals surface area contributed by atoms with Crippen LogP contribution in [0.5, 0.6) is 0 Å². The summed E-state index contributed by atoms with van der Waals surface area (Å²) in [6, 6.07) is 0.363. The molecule has 1 amide bonds. The minimum Gasteiger partial charge on any atom is -0.444 e. The van der Waals surface area contributed by atoms with Crippen molar-refractivity contribution in [2.75, 3.05) is 13.1 Å². The van der Waals surface area contributed by atoms with Gasteiger partial charge in [0, 0.05) is 19.1 Å². The molecule has 4 heteroatoms. The van der Waals surface area contributed by atoms with Gasteiger partial charge in [-0.3, -0.25) is 0 Å². The van der Waals surface area contributed by atoms with E-state index >= 15 is 0 Å². The summed E-state index contributed by atoms with van der Waals surface area (Å²) in [6.07, 6.45) is 0.752. The van der Waals surface area contributed by atoms with Crippen molar-refractivity contribution in [3.63, 3.8) is 0 Å². The highest BCUT2D eigenvalue weighted by molar-refractivity contribution is 5.67. The van der Waals surface area contributed by atoms with Crippen molar-refractivity contribution in [2.45, 2.75) is 52.7 Å². The predicted molar refractivity (Wildman–Crippen MR) is 64.4 cm³/mol. The van der Waals surface area contributed by atoms with Gasteiger partial charge in [-0.1, -0.05) is 13.8 Å². The molecule has 1 atom stereocenters. The van der Waals surface area contributed by atoms with Crippen LogP contribution in [0.1, 0.15) is 41.0 Å². The van der Waals surface area contributed by atoms with Gasteiger partial charge < -0.3 is 15.4 Å². The summed E-state index contributed by atoms with van der Waals surface area (Å²) in [7, 11) is 0. The molecule has 0 saturated carbocycles. The van der Waals surface area contributed by atoms with Gasteiger partial charge in [0.25, 0.3) is 0 Å². The number of hydrogen-bond donors (Lipinski definition) is 2. The van der Waals surface area contributed by atoms with E-state index in [4.69, 9.17) is 4.74 Å². The molecule has 0 aromatic carbocycles. The van der Waals surface area contributed by atoms with Gasteiger partial charge >= 0.3 is 6.09 Å². The maximum Gasteiger partial charge on any atom is 0.407 e. The van der Waals surface area contributed by atoms with Gasteiger partial charge in [-0.15, -0.1) is 0 Å². The molecule has 1 fully saturated rings. The van der Waals surface area contributed by atoms with Crippen molar-refractivity contribution < 1.29 is 9.53 Å². The Balaban J connectivity index is 2.23. The largest absolute Gasteiger partial charge is 0.444 e. The van der Waals surface area contributed by atoms with E-state index in [1.807, 2.05) is 20.8 Å². The molecule has 0 spiro atoms. The Hall–Kier alpha value is -0.770. The molecule has 0 aromatic rings. The molecule has 16 heavy (non-hydrogen) atoms. The number of hydrogen-bond acceptors (Lipinski definition) is 3. The van der Waals surface area contributed by atoms with Crippen LogP contribution in [0.25, 0.3) is 0 Å². The second-order valence-electron chi connectivity index (χ2n) is 6.33. The highest BCUT2D eigenvalue weighted by Gasteiger charge is 2.30. The van der Waals surface area contributed by atoms with E-state index in [0.29, 0.717) is 18.0 Å². The second kappa shape index (κ2) is 4.62. The molecule has 1 aliphatic heterocycles. The van der Waals surface area contributed by atoms with Crippen LogP contribution in [0.15, 0.2) is 0 Å². The zero-order valence-corrected chi connectivity index (χ0v) is 11.0. The summed E-state index contributed by atoms with van der Waals surface area (Å²) < 4.78 is 5.17. The lowest BCUT2D eigenvalue weighted by atomic mass is 9.91. The average Bonchev–Trinajstić information content (AvgIpc) is 2.39. The molecule has 0 aliphatic carbocycles. The third-order valence-corrected chi connectivity index (χ3v) is 2.56. The molecule has 1 heterocycles. The summed E-state index contributed by atoms with van der Waals surface area (Å²) in [4.78, 5) is 11.4. The lowest BCUT2D eigenvalue weighted by molar-refractivity contribution is 0.0523. The maximum atomic E-state index is 11.4. The Labute approximate surface area is 98.1 Å². The van der Waals surface area contributed by atoms with Crippen LogP contribution >= 0.6 is 0 Å². The lowest BCUT2D eigenvalue weighted by Gasteiger charge is -2.21. The molecule has 2 N–H and O–H groups in total. The van der Waals surface area contributed by atoms with E-state index in [-0.39, 0.29) is 6.09 Å². The molecule has 0 radical (unpaired) electrons. The van der Waals surface area contributed by atoms with Crippen molar-refractivity contribution in [3.05, 3.63) is 0 Å². The number of nitrogens with one attached hydrogen (secondary N) is 2. The van der Waals surface area contributed by atoms with Crippen LogP contribution in [0.3, 0.4) is 0 Å². The number of alkyl carbamates (subject to hydrolysis) is 1. The molecule has 1 saturated heterocycles. The Morgan fingerprint density at radius 3 is 2.56 bits per heavy atom. The van der Waals surface area contributed by atoms with E-state index in [1.165, 1.54) is 0 Å². The third-order valence-electron chi connectivity index (χ3n) is 2.56. The first-order valence-corrected chi connectivity index (χ1v) is 5.88. The molecule has 1 unspecified atom stereocenters. The smallest absolute Gasteiger partial charge is 0.407 e. The highest BCUT2D eigenvalue weighted by atomic mass is 16.6. The van der Waals surface area contributed by atoms with Crippen LogP contribution in [0, 0.1) is 5.41 Å². The molecule has 1 rings (SSSR count). The predicted octanol–water partition coefficient (Wildman–Crippen LogP) is 1.90. The molecule has 1 aliphatic rings. The highest BCUT2D eigenvalue weighted by Crippen LogP contribution is 2.26. The summed E-state index contributed by atoms with van der Waals surface area (Å²) >= 11 is 0. The lowest BCUT2D eigenvalue weighted by Crippen LogP contribution is -2.39. The minimum absolute atomic E-state index is 0.334. The SMILES string of the molecule is CC1(C)CNC(CNC(=O)OC(C)(C)C)C1. The quantitative estimate of drug-likeness (QED) is 0.759. The fourth-order valence-corrected chi connectivity index (χ4v) is 1.90. The topological polar surface area (TPSA) is 50.4 Å². The number of amides is 1. The van der Waals surface area contributed by atoms with Crippen molar-refractivity contribution in [1.29, 1.82) is 0 Å².